The number of hydrogen-bond donors (Lipinski definition) is 2. The molecule has 0 heterocycles. The first kappa shape index (κ1) is 14.2. The van der Waals surface area contributed by atoms with Crippen LogP contribution in [-0.4, -0.2) is 19.8 Å². The molecular formula is C14H21FN2O2. The number of hydrazine groups is 1. The van der Waals surface area contributed by atoms with Crippen molar-refractivity contribution in [1.29, 1.82) is 0 Å². The molecule has 5 heteroatoms. The van der Waals surface area contributed by atoms with E-state index in [1.807, 2.05) is 13.0 Å². The minimum atomic E-state index is -0.383. The fourth-order valence-corrected chi connectivity index (χ4v) is 2.38. The van der Waals surface area contributed by atoms with Gasteiger partial charge in [-0.2, -0.15) is 0 Å². The highest BCUT2D eigenvalue weighted by Crippen LogP contribution is 2.40. The number of hydrogen-bond acceptors (Lipinski definition) is 4. The van der Waals surface area contributed by atoms with Gasteiger partial charge in [0.25, 0.3) is 0 Å². The third-order valence-electron chi connectivity index (χ3n) is 3.49. The van der Waals surface area contributed by atoms with Crippen molar-refractivity contribution >= 4 is 0 Å². The highest BCUT2D eigenvalue weighted by atomic mass is 19.1. The minimum Gasteiger partial charge on any atom is -0.494 e. The van der Waals surface area contributed by atoms with E-state index in [9.17, 15) is 4.39 Å². The van der Waals surface area contributed by atoms with E-state index in [4.69, 9.17) is 15.3 Å². The normalized spacial score (nSPS) is 18.1. The van der Waals surface area contributed by atoms with Crippen molar-refractivity contribution in [3.63, 3.8) is 0 Å². The van der Waals surface area contributed by atoms with Gasteiger partial charge in [-0.05, 0) is 43.4 Å². The van der Waals surface area contributed by atoms with Gasteiger partial charge in [0.05, 0.1) is 19.3 Å². The molecule has 2 unspecified atom stereocenters. The van der Waals surface area contributed by atoms with Crippen molar-refractivity contribution in [3.05, 3.63) is 29.6 Å². The molecule has 2 atom stereocenters. The summed E-state index contributed by atoms with van der Waals surface area (Å²) < 4.78 is 24.5. The van der Waals surface area contributed by atoms with Crippen molar-refractivity contribution < 1.29 is 13.9 Å². The van der Waals surface area contributed by atoms with Crippen LogP contribution in [0.1, 0.15) is 31.4 Å². The van der Waals surface area contributed by atoms with E-state index in [2.05, 4.69) is 5.43 Å². The molecule has 0 spiro atoms. The predicted molar refractivity (Wildman–Crippen MR) is 71.2 cm³/mol. The Kier molecular flexibility index (Phi) is 4.74. The Balaban J connectivity index is 2.22. The van der Waals surface area contributed by atoms with Gasteiger partial charge in [0.15, 0.2) is 11.6 Å². The summed E-state index contributed by atoms with van der Waals surface area (Å²) in [6.07, 6.45) is 2.27. The first-order valence-corrected chi connectivity index (χ1v) is 6.62. The van der Waals surface area contributed by atoms with E-state index < -0.39 is 0 Å². The minimum absolute atomic E-state index is 0.0113. The zero-order chi connectivity index (χ0) is 13.8. The lowest BCUT2D eigenvalue weighted by atomic mass is 9.98. The Morgan fingerprint density at radius 2 is 2.21 bits per heavy atom. The van der Waals surface area contributed by atoms with Crippen molar-refractivity contribution in [2.75, 3.05) is 13.7 Å². The van der Waals surface area contributed by atoms with Crippen LogP contribution in [0.4, 0.5) is 4.39 Å². The molecule has 4 nitrogen and oxygen atoms in total. The van der Waals surface area contributed by atoms with Gasteiger partial charge in [-0.3, -0.25) is 11.3 Å². The van der Waals surface area contributed by atoms with E-state index in [0.717, 1.165) is 18.4 Å². The first-order chi connectivity index (χ1) is 9.21. The van der Waals surface area contributed by atoms with Crippen LogP contribution in [0.2, 0.25) is 0 Å². The van der Waals surface area contributed by atoms with E-state index in [1.165, 1.54) is 13.2 Å². The summed E-state index contributed by atoms with van der Waals surface area (Å²) >= 11 is 0. The Labute approximate surface area is 113 Å². The average Bonchev–Trinajstić information content (AvgIpc) is 3.23. The lowest BCUT2D eigenvalue weighted by Gasteiger charge is -2.27. The Morgan fingerprint density at radius 3 is 2.68 bits per heavy atom. The number of methoxy groups -OCH3 is 1. The number of nitrogens with one attached hydrogen (secondary N) is 1. The maximum Gasteiger partial charge on any atom is 0.165 e. The quantitative estimate of drug-likeness (QED) is 0.587. The zero-order valence-electron chi connectivity index (χ0n) is 11.4. The van der Waals surface area contributed by atoms with Gasteiger partial charge in [-0.25, -0.2) is 4.39 Å². The molecule has 0 radical (unpaired) electrons. The van der Waals surface area contributed by atoms with Crippen molar-refractivity contribution in [2.45, 2.75) is 31.9 Å². The second-order valence-electron chi connectivity index (χ2n) is 4.80. The molecule has 0 aromatic heterocycles. The lowest BCUT2D eigenvalue weighted by Crippen LogP contribution is -2.39. The average molecular weight is 268 g/mol. The van der Waals surface area contributed by atoms with Crippen LogP contribution in [-0.2, 0) is 4.74 Å². The first-order valence-electron chi connectivity index (χ1n) is 6.62. The molecule has 3 N–H and O–H groups in total. The highest BCUT2D eigenvalue weighted by molar-refractivity contribution is 5.31. The molecule has 0 aliphatic heterocycles. The van der Waals surface area contributed by atoms with E-state index in [1.54, 1.807) is 6.07 Å². The standard InChI is InChI=1S/C14H21FN2O2/c1-3-19-14(9-4-5-9)13(17-16)10-6-7-12(18-2)11(15)8-10/h6-9,13-14,17H,3-5,16H2,1-2H3. The van der Waals surface area contributed by atoms with Crippen LogP contribution in [0.3, 0.4) is 0 Å². The van der Waals surface area contributed by atoms with Crippen molar-refractivity contribution in [2.24, 2.45) is 11.8 Å². The predicted octanol–water partition coefficient (Wildman–Crippen LogP) is 2.15. The van der Waals surface area contributed by atoms with E-state index in [0.29, 0.717) is 12.5 Å². The molecule has 19 heavy (non-hydrogen) atoms. The molecule has 1 aromatic carbocycles. The second-order valence-corrected chi connectivity index (χ2v) is 4.80. The van der Waals surface area contributed by atoms with E-state index in [-0.39, 0.29) is 23.7 Å². The summed E-state index contributed by atoms with van der Waals surface area (Å²) in [4.78, 5) is 0. The van der Waals surface area contributed by atoms with Gasteiger partial charge in [-0.15, -0.1) is 0 Å². The van der Waals surface area contributed by atoms with Crippen LogP contribution in [0, 0.1) is 11.7 Å². The second kappa shape index (κ2) is 6.32. The van der Waals surface area contributed by atoms with Gasteiger partial charge >= 0.3 is 0 Å². The number of rotatable bonds is 7. The summed E-state index contributed by atoms with van der Waals surface area (Å²) in [6.45, 7) is 2.58. The molecule has 1 fully saturated rings. The largest absolute Gasteiger partial charge is 0.494 e. The smallest absolute Gasteiger partial charge is 0.165 e. The van der Waals surface area contributed by atoms with Gasteiger partial charge in [-0.1, -0.05) is 6.07 Å². The van der Waals surface area contributed by atoms with Crippen LogP contribution >= 0.6 is 0 Å². The van der Waals surface area contributed by atoms with E-state index >= 15 is 0 Å². The fraction of sp³-hybridized carbons (Fsp3) is 0.571. The van der Waals surface area contributed by atoms with Crippen LogP contribution in [0.25, 0.3) is 0 Å². The SMILES string of the molecule is CCOC(C1CC1)C(NN)c1ccc(OC)c(F)c1. The molecule has 0 saturated heterocycles. The fourth-order valence-electron chi connectivity index (χ4n) is 2.38. The molecule has 0 bridgehead atoms. The van der Waals surface area contributed by atoms with Crippen molar-refractivity contribution in [3.8, 4) is 5.75 Å². The summed E-state index contributed by atoms with van der Waals surface area (Å²) in [5.41, 5.74) is 3.54. The Hall–Kier alpha value is -1.17. The number of benzene rings is 1. The molecule has 1 aromatic rings. The Bertz CT molecular complexity index is 424. The van der Waals surface area contributed by atoms with Crippen molar-refractivity contribution in [1.82, 2.24) is 5.43 Å². The molecule has 1 saturated carbocycles. The molecule has 0 amide bonds. The molecule has 1 aliphatic rings. The topological polar surface area (TPSA) is 56.5 Å². The van der Waals surface area contributed by atoms with Crippen LogP contribution in [0.5, 0.6) is 5.75 Å². The number of ether oxygens (including phenoxy) is 2. The Morgan fingerprint density at radius 1 is 1.47 bits per heavy atom. The summed E-state index contributed by atoms with van der Waals surface area (Å²) in [5, 5.41) is 0. The highest BCUT2D eigenvalue weighted by Gasteiger charge is 2.37. The molecule has 1 aliphatic carbocycles. The monoisotopic (exact) mass is 268 g/mol. The molecule has 106 valence electrons. The molecule has 2 rings (SSSR count). The number of nitrogens with two attached hydrogens (primary N) is 1. The van der Waals surface area contributed by atoms with Crippen LogP contribution < -0.4 is 16.0 Å². The lowest BCUT2D eigenvalue weighted by molar-refractivity contribution is 0.0184. The molecular weight excluding hydrogens is 247 g/mol. The van der Waals surface area contributed by atoms with Gasteiger partial charge in [0.1, 0.15) is 0 Å². The van der Waals surface area contributed by atoms with Gasteiger partial charge in [0.2, 0.25) is 0 Å². The summed E-state index contributed by atoms with van der Waals surface area (Å²) in [5.74, 6) is 6.00. The van der Waals surface area contributed by atoms with Gasteiger partial charge in [0, 0.05) is 6.61 Å². The third kappa shape index (κ3) is 3.23. The number of halogens is 1. The summed E-state index contributed by atoms with van der Waals surface area (Å²) in [6, 6.07) is 4.69. The van der Waals surface area contributed by atoms with Crippen LogP contribution in [0.15, 0.2) is 18.2 Å². The maximum atomic E-state index is 13.8. The summed E-state index contributed by atoms with van der Waals surface area (Å²) in [7, 11) is 1.45. The zero-order valence-corrected chi connectivity index (χ0v) is 11.4. The third-order valence-corrected chi connectivity index (χ3v) is 3.49. The van der Waals surface area contributed by atoms with Gasteiger partial charge < -0.3 is 9.47 Å². The maximum absolute atomic E-state index is 13.8.